The van der Waals surface area contributed by atoms with Gasteiger partial charge >= 0.3 is 0 Å². The number of pyridine rings is 1. The van der Waals surface area contributed by atoms with E-state index in [1.165, 1.54) is 12.1 Å². The lowest BCUT2D eigenvalue weighted by Crippen LogP contribution is -2.18. The highest BCUT2D eigenvalue weighted by molar-refractivity contribution is 5.97. The van der Waals surface area contributed by atoms with Crippen LogP contribution >= 0.6 is 0 Å². The SMILES string of the molecule is CCOCc1c(-c2ccc(F)cc2)c2cc3c(cc2[nH]c1=O)OCCO3. The van der Waals surface area contributed by atoms with Crippen LogP contribution in [0.15, 0.2) is 41.2 Å². The van der Waals surface area contributed by atoms with E-state index in [0.717, 1.165) is 10.9 Å². The molecule has 4 rings (SSSR count). The summed E-state index contributed by atoms with van der Waals surface area (Å²) >= 11 is 0. The van der Waals surface area contributed by atoms with Crippen molar-refractivity contribution in [1.82, 2.24) is 4.98 Å². The number of benzene rings is 2. The summed E-state index contributed by atoms with van der Waals surface area (Å²) in [5, 5.41) is 0.801. The third kappa shape index (κ3) is 2.93. The lowest BCUT2D eigenvalue weighted by Gasteiger charge is -2.20. The molecule has 3 aromatic rings. The Morgan fingerprint density at radius 1 is 1.12 bits per heavy atom. The molecule has 0 fully saturated rings. The minimum Gasteiger partial charge on any atom is -0.486 e. The van der Waals surface area contributed by atoms with E-state index in [4.69, 9.17) is 14.2 Å². The molecule has 6 heteroatoms. The van der Waals surface area contributed by atoms with Crippen molar-refractivity contribution < 1.29 is 18.6 Å². The molecule has 0 spiro atoms. The highest BCUT2D eigenvalue weighted by Crippen LogP contribution is 2.38. The van der Waals surface area contributed by atoms with Gasteiger partial charge in [-0.1, -0.05) is 12.1 Å². The molecule has 0 saturated heterocycles. The zero-order valence-electron chi connectivity index (χ0n) is 14.3. The smallest absolute Gasteiger partial charge is 0.254 e. The van der Waals surface area contributed by atoms with E-state index in [1.54, 1.807) is 18.2 Å². The summed E-state index contributed by atoms with van der Waals surface area (Å²) in [6.45, 7) is 3.47. The summed E-state index contributed by atoms with van der Waals surface area (Å²) in [5.74, 6) is 0.895. The Labute approximate surface area is 149 Å². The molecule has 0 aliphatic carbocycles. The minimum atomic E-state index is -0.330. The van der Waals surface area contributed by atoms with Crippen molar-refractivity contribution in [3.05, 3.63) is 58.1 Å². The van der Waals surface area contributed by atoms with Crippen LogP contribution in [0.3, 0.4) is 0 Å². The predicted octanol–water partition coefficient (Wildman–Crippen LogP) is 3.64. The van der Waals surface area contributed by atoms with Crippen LogP contribution in [0, 0.1) is 5.82 Å². The van der Waals surface area contributed by atoms with Crippen molar-refractivity contribution in [2.45, 2.75) is 13.5 Å². The topological polar surface area (TPSA) is 60.6 Å². The molecule has 1 aromatic heterocycles. The molecular formula is C20H18FNO4. The largest absolute Gasteiger partial charge is 0.486 e. The van der Waals surface area contributed by atoms with E-state index in [1.807, 2.05) is 13.0 Å². The van der Waals surface area contributed by atoms with Gasteiger partial charge in [0.2, 0.25) is 0 Å². The Morgan fingerprint density at radius 3 is 2.50 bits per heavy atom. The maximum atomic E-state index is 13.4. The number of hydrogen-bond donors (Lipinski definition) is 1. The van der Waals surface area contributed by atoms with Gasteiger partial charge in [-0.3, -0.25) is 4.79 Å². The minimum absolute atomic E-state index is 0.170. The molecular weight excluding hydrogens is 337 g/mol. The quantitative estimate of drug-likeness (QED) is 0.776. The average molecular weight is 355 g/mol. The predicted molar refractivity (Wildman–Crippen MR) is 96.3 cm³/mol. The Morgan fingerprint density at radius 2 is 1.81 bits per heavy atom. The first-order valence-electron chi connectivity index (χ1n) is 8.49. The Hall–Kier alpha value is -2.86. The van der Waals surface area contributed by atoms with Gasteiger partial charge in [-0.15, -0.1) is 0 Å². The summed E-state index contributed by atoms with van der Waals surface area (Å²) in [5.41, 5.74) is 2.37. The van der Waals surface area contributed by atoms with Crippen molar-refractivity contribution in [2.75, 3.05) is 19.8 Å². The first-order chi connectivity index (χ1) is 12.7. The summed E-state index contributed by atoms with van der Waals surface area (Å²) in [7, 11) is 0. The van der Waals surface area contributed by atoms with Crippen molar-refractivity contribution >= 4 is 10.9 Å². The lowest BCUT2D eigenvalue weighted by atomic mass is 9.96. The Balaban J connectivity index is 2.02. The van der Waals surface area contributed by atoms with E-state index in [9.17, 15) is 9.18 Å². The fourth-order valence-corrected chi connectivity index (χ4v) is 3.16. The molecule has 0 bridgehead atoms. The van der Waals surface area contributed by atoms with Crippen molar-refractivity contribution in [2.24, 2.45) is 0 Å². The fraction of sp³-hybridized carbons (Fsp3) is 0.250. The van der Waals surface area contributed by atoms with Gasteiger partial charge in [-0.2, -0.15) is 0 Å². The molecule has 0 amide bonds. The van der Waals surface area contributed by atoms with E-state index in [0.29, 0.717) is 48.0 Å². The van der Waals surface area contributed by atoms with Gasteiger partial charge < -0.3 is 19.2 Å². The van der Waals surface area contributed by atoms with Crippen LogP contribution in [0.4, 0.5) is 4.39 Å². The lowest BCUT2D eigenvalue weighted by molar-refractivity contribution is 0.133. The second kappa shape index (κ2) is 6.80. The van der Waals surface area contributed by atoms with Gasteiger partial charge in [0.15, 0.2) is 11.5 Å². The normalized spacial score (nSPS) is 13.2. The van der Waals surface area contributed by atoms with Crippen LogP contribution in [-0.2, 0) is 11.3 Å². The van der Waals surface area contributed by atoms with E-state index >= 15 is 0 Å². The third-order valence-corrected chi connectivity index (χ3v) is 4.36. The Kier molecular flexibility index (Phi) is 4.34. The molecule has 2 heterocycles. The monoisotopic (exact) mass is 355 g/mol. The zero-order chi connectivity index (χ0) is 18.1. The molecule has 1 N–H and O–H groups in total. The number of ether oxygens (including phenoxy) is 3. The van der Waals surface area contributed by atoms with E-state index in [-0.39, 0.29) is 18.0 Å². The van der Waals surface area contributed by atoms with Crippen LogP contribution in [0.5, 0.6) is 11.5 Å². The van der Waals surface area contributed by atoms with Crippen LogP contribution in [-0.4, -0.2) is 24.8 Å². The van der Waals surface area contributed by atoms with E-state index < -0.39 is 0 Å². The number of aromatic amines is 1. The number of hydrogen-bond acceptors (Lipinski definition) is 4. The standard InChI is InChI=1S/C20H18FNO4/c1-2-24-11-15-19(12-3-5-13(21)6-4-12)14-9-17-18(26-8-7-25-17)10-16(14)22-20(15)23/h3-6,9-10H,2,7-8,11H2,1H3,(H,22,23). The number of halogens is 1. The van der Waals surface area contributed by atoms with Gasteiger partial charge in [0, 0.05) is 23.6 Å². The summed E-state index contributed by atoms with van der Waals surface area (Å²) in [6, 6.07) is 9.71. The van der Waals surface area contributed by atoms with Crippen molar-refractivity contribution in [1.29, 1.82) is 0 Å². The molecule has 5 nitrogen and oxygen atoms in total. The number of rotatable bonds is 4. The third-order valence-electron chi connectivity index (χ3n) is 4.36. The van der Waals surface area contributed by atoms with Gasteiger partial charge in [0.25, 0.3) is 5.56 Å². The number of H-pyrrole nitrogens is 1. The second-order valence-electron chi connectivity index (χ2n) is 5.99. The molecule has 2 aromatic carbocycles. The molecule has 134 valence electrons. The number of fused-ring (bicyclic) bond motifs is 2. The molecule has 1 aliphatic heterocycles. The van der Waals surface area contributed by atoms with E-state index in [2.05, 4.69) is 4.98 Å². The highest BCUT2D eigenvalue weighted by atomic mass is 19.1. The van der Waals surface area contributed by atoms with Crippen LogP contribution < -0.4 is 15.0 Å². The van der Waals surface area contributed by atoms with Crippen LogP contribution in [0.25, 0.3) is 22.0 Å². The maximum absolute atomic E-state index is 13.4. The summed E-state index contributed by atoms with van der Waals surface area (Å²) < 4.78 is 30.2. The summed E-state index contributed by atoms with van der Waals surface area (Å²) in [4.78, 5) is 15.6. The molecule has 0 unspecified atom stereocenters. The van der Waals surface area contributed by atoms with Crippen molar-refractivity contribution in [3.63, 3.8) is 0 Å². The van der Waals surface area contributed by atoms with Gasteiger partial charge in [0.05, 0.1) is 17.7 Å². The molecule has 0 atom stereocenters. The number of nitrogens with one attached hydrogen (secondary N) is 1. The average Bonchev–Trinajstić information content (AvgIpc) is 2.65. The summed E-state index contributed by atoms with van der Waals surface area (Å²) in [6.07, 6.45) is 0. The highest BCUT2D eigenvalue weighted by Gasteiger charge is 2.19. The second-order valence-corrected chi connectivity index (χ2v) is 5.99. The molecule has 0 saturated carbocycles. The van der Waals surface area contributed by atoms with Crippen molar-refractivity contribution in [3.8, 4) is 22.6 Å². The molecule has 1 aliphatic rings. The fourth-order valence-electron chi connectivity index (χ4n) is 3.16. The van der Waals surface area contributed by atoms with Gasteiger partial charge in [0.1, 0.15) is 19.0 Å². The Bertz CT molecular complexity index is 1010. The zero-order valence-corrected chi connectivity index (χ0v) is 14.3. The first kappa shape index (κ1) is 16.6. The molecule has 26 heavy (non-hydrogen) atoms. The maximum Gasteiger partial charge on any atom is 0.254 e. The number of aromatic nitrogens is 1. The van der Waals surface area contributed by atoms with Crippen LogP contribution in [0.2, 0.25) is 0 Å². The van der Waals surface area contributed by atoms with Gasteiger partial charge in [-0.05, 0) is 30.7 Å². The van der Waals surface area contributed by atoms with Crippen LogP contribution in [0.1, 0.15) is 12.5 Å². The van der Waals surface area contributed by atoms with Gasteiger partial charge in [-0.25, -0.2) is 4.39 Å². The first-order valence-corrected chi connectivity index (χ1v) is 8.49. The molecule has 0 radical (unpaired) electrons.